The van der Waals surface area contributed by atoms with Crippen LogP contribution in [0.4, 0.5) is 4.39 Å². The van der Waals surface area contributed by atoms with Crippen LogP contribution in [-0.4, -0.2) is 38.0 Å². The van der Waals surface area contributed by atoms with Crippen LogP contribution in [0.25, 0.3) is 0 Å². The molecule has 0 aliphatic carbocycles. The van der Waals surface area contributed by atoms with Crippen LogP contribution in [0.5, 0.6) is 17.2 Å². The highest BCUT2D eigenvalue weighted by atomic mass is 32.2. The Hall–Kier alpha value is -2.61. The molecule has 1 N–H and O–H groups in total. The van der Waals surface area contributed by atoms with Gasteiger partial charge in [0.05, 0.1) is 10.5 Å². The maximum absolute atomic E-state index is 13.3. The van der Waals surface area contributed by atoms with Crippen LogP contribution in [0.2, 0.25) is 0 Å². The van der Waals surface area contributed by atoms with Gasteiger partial charge in [-0.2, -0.15) is 0 Å². The third-order valence-electron chi connectivity index (χ3n) is 4.08. The lowest BCUT2D eigenvalue weighted by molar-refractivity contribution is 0.0691. The lowest BCUT2D eigenvalue weighted by Gasteiger charge is -2.19. The van der Waals surface area contributed by atoms with Gasteiger partial charge in [0, 0.05) is 18.2 Å². The molecule has 0 fully saturated rings. The van der Waals surface area contributed by atoms with Crippen LogP contribution in [0, 0.1) is 0 Å². The fourth-order valence-electron chi connectivity index (χ4n) is 2.73. The van der Waals surface area contributed by atoms with Gasteiger partial charge in [-0.1, -0.05) is 0 Å². The molecule has 8 heteroatoms. The Balaban J connectivity index is 1.99. The van der Waals surface area contributed by atoms with E-state index < -0.39 is 28.1 Å². The quantitative estimate of drug-likeness (QED) is 0.856. The minimum absolute atomic E-state index is 0.0467. The van der Waals surface area contributed by atoms with Gasteiger partial charge in [-0.25, -0.2) is 17.6 Å². The van der Waals surface area contributed by atoms with Crippen LogP contribution in [0.1, 0.15) is 22.8 Å². The number of rotatable bonds is 5. The summed E-state index contributed by atoms with van der Waals surface area (Å²) in [6, 6.07) is 8.43. The van der Waals surface area contributed by atoms with Crippen molar-refractivity contribution in [1.29, 1.82) is 0 Å². The normalized spacial score (nSPS) is 18.9. The molecule has 26 heavy (non-hydrogen) atoms. The number of aromatic carboxylic acids is 1. The number of fused-ring (bicyclic) bond motifs is 1. The first-order valence-electron chi connectivity index (χ1n) is 7.74. The Bertz CT molecular complexity index is 968. The highest BCUT2D eigenvalue weighted by Gasteiger charge is 2.38. The zero-order valence-electron chi connectivity index (χ0n) is 14.2. The summed E-state index contributed by atoms with van der Waals surface area (Å²) in [6.45, 7) is 0.866. The summed E-state index contributed by atoms with van der Waals surface area (Å²) in [6.07, 6.45) is 1.33. The predicted molar refractivity (Wildman–Crippen MR) is 91.7 cm³/mol. The van der Waals surface area contributed by atoms with Crippen molar-refractivity contribution >= 4 is 15.8 Å². The van der Waals surface area contributed by atoms with Gasteiger partial charge in [0.1, 0.15) is 29.5 Å². The van der Waals surface area contributed by atoms with Gasteiger partial charge in [0.2, 0.25) is 0 Å². The van der Waals surface area contributed by atoms with Gasteiger partial charge in [0.25, 0.3) is 0 Å². The average molecular weight is 380 g/mol. The molecule has 0 amide bonds. The molecule has 138 valence electrons. The molecule has 0 aromatic heterocycles. The van der Waals surface area contributed by atoms with Gasteiger partial charge >= 0.3 is 5.97 Å². The second-order valence-electron chi connectivity index (χ2n) is 6.46. The SMILES string of the molecule is CC1(CF)Cc2c(Oc3ccc(S(C)(=O)=O)cc3)cc(C(=O)O)cc2O1. The molecule has 2 aromatic carbocycles. The molecule has 0 saturated heterocycles. The third kappa shape index (κ3) is 3.50. The monoisotopic (exact) mass is 380 g/mol. The Morgan fingerprint density at radius 2 is 1.96 bits per heavy atom. The van der Waals surface area contributed by atoms with Crippen LogP contribution >= 0.6 is 0 Å². The largest absolute Gasteiger partial charge is 0.484 e. The molecule has 1 aliphatic heterocycles. The number of alkyl halides is 1. The van der Waals surface area contributed by atoms with E-state index in [1.54, 1.807) is 6.92 Å². The summed E-state index contributed by atoms with van der Waals surface area (Å²) in [4.78, 5) is 11.5. The number of carboxylic acid groups (broad SMARTS) is 1. The van der Waals surface area contributed by atoms with Crippen molar-refractivity contribution in [3.63, 3.8) is 0 Å². The molecular weight excluding hydrogens is 363 g/mol. The fraction of sp³-hybridized carbons (Fsp3) is 0.278. The summed E-state index contributed by atoms with van der Waals surface area (Å²) < 4.78 is 47.7. The van der Waals surface area contributed by atoms with Crippen molar-refractivity contribution in [2.75, 3.05) is 12.9 Å². The van der Waals surface area contributed by atoms with E-state index in [0.29, 0.717) is 11.3 Å². The number of carboxylic acids is 1. The first kappa shape index (κ1) is 18.2. The van der Waals surface area contributed by atoms with Gasteiger partial charge in [0.15, 0.2) is 9.84 Å². The summed E-state index contributed by atoms with van der Waals surface area (Å²) in [5.41, 5.74) is -0.547. The molecule has 3 rings (SSSR count). The second-order valence-corrected chi connectivity index (χ2v) is 8.48. The predicted octanol–water partition coefficient (Wildman–Crippen LogP) is 3.24. The Morgan fingerprint density at radius 3 is 2.50 bits per heavy atom. The van der Waals surface area contributed by atoms with Crippen molar-refractivity contribution in [3.05, 3.63) is 47.5 Å². The van der Waals surface area contributed by atoms with E-state index in [2.05, 4.69) is 0 Å². The topological polar surface area (TPSA) is 89.9 Å². The van der Waals surface area contributed by atoms with Crippen molar-refractivity contribution in [1.82, 2.24) is 0 Å². The van der Waals surface area contributed by atoms with Crippen LogP contribution in [0.15, 0.2) is 41.3 Å². The molecule has 0 spiro atoms. The molecule has 2 aromatic rings. The summed E-state index contributed by atoms with van der Waals surface area (Å²) in [5, 5.41) is 9.27. The first-order valence-corrected chi connectivity index (χ1v) is 9.64. The average Bonchev–Trinajstić information content (AvgIpc) is 2.92. The standard InChI is InChI=1S/C18H17FO6S/c1-18(10-19)9-14-15(7-11(17(20)21)8-16(14)25-18)24-12-3-5-13(6-4-12)26(2,22)23/h3-8H,9-10H2,1-2H3,(H,20,21). The Labute approximate surface area is 150 Å². The number of halogens is 1. The van der Waals surface area contributed by atoms with Crippen molar-refractivity contribution in [2.45, 2.75) is 23.8 Å². The Kier molecular flexibility index (Phi) is 4.39. The number of benzene rings is 2. The highest BCUT2D eigenvalue weighted by Crippen LogP contribution is 2.43. The van der Waals surface area contributed by atoms with E-state index in [1.165, 1.54) is 36.4 Å². The minimum atomic E-state index is -3.33. The van der Waals surface area contributed by atoms with Gasteiger partial charge in [-0.15, -0.1) is 0 Å². The van der Waals surface area contributed by atoms with Crippen molar-refractivity contribution in [3.8, 4) is 17.2 Å². The van der Waals surface area contributed by atoms with E-state index in [1.807, 2.05) is 0 Å². The number of ether oxygens (including phenoxy) is 2. The zero-order valence-corrected chi connectivity index (χ0v) is 15.0. The highest BCUT2D eigenvalue weighted by molar-refractivity contribution is 7.90. The lowest BCUT2D eigenvalue weighted by Crippen LogP contribution is -2.32. The fourth-order valence-corrected chi connectivity index (χ4v) is 3.36. The van der Waals surface area contributed by atoms with Crippen LogP contribution in [-0.2, 0) is 16.3 Å². The third-order valence-corrected chi connectivity index (χ3v) is 5.21. The molecule has 1 unspecified atom stereocenters. The maximum Gasteiger partial charge on any atom is 0.335 e. The molecule has 6 nitrogen and oxygen atoms in total. The first-order chi connectivity index (χ1) is 12.1. The van der Waals surface area contributed by atoms with Gasteiger partial charge in [-0.3, -0.25) is 0 Å². The molecule has 1 atom stereocenters. The maximum atomic E-state index is 13.3. The number of carbonyl (C=O) groups is 1. The molecule has 0 radical (unpaired) electrons. The Morgan fingerprint density at radius 1 is 1.31 bits per heavy atom. The summed E-state index contributed by atoms with van der Waals surface area (Å²) >= 11 is 0. The second kappa shape index (κ2) is 6.28. The summed E-state index contributed by atoms with van der Waals surface area (Å²) in [7, 11) is -3.33. The van der Waals surface area contributed by atoms with E-state index in [4.69, 9.17) is 9.47 Å². The van der Waals surface area contributed by atoms with Crippen molar-refractivity contribution < 1.29 is 32.2 Å². The van der Waals surface area contributed by atoms with E-state index in [-0.39, 0.29) is 28.4 Å². The van der Waals surface area contributed by atoms with Crippen LogP contribution in [0.3, 0.4) is 0 Å². The van der Waals surface area contributed by atoms with Crippen LogP contribution < -0.4 is 9.47 Å². The van der Waals surface area contributed by atoms with E-state index >= 15 is 0 Å². The minimum Gasteiger partial charge on any atom is -0.484 e. The van der Waals surface area contributed by atoms with E-state index in [9.17, 15) is 22.7 Å². The number of hydrogen-bond donors (Lipinski definition) is 1. The zero-order chi connectivity index (χ0) is 19.1. The molecule has 1 heterocycles. The molecular formula is C18H17FO6S. The molecule has 0 bridgehead atoms. The van der Waals surface area contributed by atoms with Gasteiger partial charge < -0.3 is 14.6 Å². The van der Waals surface area contributed by atoms with Gasteiger partial charge in [-0.05, 0) is 43.3 Å². The number of hydrogen-bond acceptors (Lipinski definition) is 5. The van der Waals surface area contributed by atoms with Crippen molar-refractivity contribution in [2.24, 2.45) is 0 Å². The smallest absolute Gasteiger partial charge is 0.335 e. The lowest BCUT2D eigenvalue weighted by atomic mass is 9.99. The molecule has 1 aliphatic rings. The van der Waals surface area contributed by atoms with E-state index in [0.717, 1.165) is 6.26 Å². The molecule has 0 saturated carbocycles. The summed E-state index contributed by atoms with van der Waals surface area (Å²) in [5.74, 6) is -0.324. The number of sulfone groups is 1.